The molecule has 4 nitrogen and oxygen atoms in total. The predicted octanol–water partition coefficient (Wildman–Crippen LogP) is 2.53. The quantitative estimate of drug-likeness (QED) is 0.616. The maximum Gasteiger partial charge on any atom is 0.333 e. The monoisotopic (exact) mass is 278 g/mol. The van der Waals surface area contributed by atoms with E-state index in [4.69, 9.17) is 16.3 Å². The molecule has 5 heteroatoms. The van der Waals surface area contributed by atoms with Crippen LogP contribution in [0.3, 0.4) is 0 Å². The van der Waals surface area contributed by atoms with E-state index >= 15 is 0 Å². The molecule has 0 aromatic carbocycles. The van der Waals surface area contributed by atoms with Crippen molar-refractivity contribution in [3.05, 3.63) is 40.8 Å². The highest BCUT2D eigenvalue weighted by Gasteiger charge is 2.31. The zero-order chi connectivity index (χ0) is 13.2. The van der Waals surface area contributed by atoms with Crippen molar-refractivity contribution in [2.75, 3.05) is 6.54 Å². The van der Waals surface area contributed by atoms with Crippen LogP contribution in [0.15, 0.2) is 30.1 Å². The van der Waals surface area contributed by atoms with Gasteiger partial charge in [-0.25, -0.2) is 9.78 Å². The number of hydrogen-bond donors (Lipinski definition) is 0. The van der Waals surface area contributed by atoms with Gasteiger partial charge in [0.1, 0.15) is 11.3 Å². The van der Waals surface area contributed by atoms with Gasteiger partial charge >= 0.3 is 5.97 Å². The number of carbonyl (C=O) groups is 1. The summed E-state index contributed by atoms with van der Waals surface area (Å²) >= 11 is 5.79. The van der Waals surface area contributed by atoms with Crippen LogP contribution in [-0.4, -0.2) is 28.5 Å². The molecule has 3 heterocycles. The topological polar surface area (TPSA) is 42.4 Å². The fourth-order valence-corrected chi connectivity index (χ4v) is 2.71. The van der Waals surface area contributed by atoms with Crippen molar-refractivity contribution in [2.24, 2.45) is 0 Å². The number of likely N-dealkylation sites (tertiary alicyclic amines) is 1. The first-order valence-electron chi connectivity index (χ1n) is 6.50. The first-order chi connectivity index (χ1) is 9.22. The van der Waals surface area contributed by atoms with Crippen molar-refractivity contribution in [2.45, 2.75) is 31.9 Å². The molecule has 1 unspecified atom stereocenters. The van der Waals surface area contributed by atoms with Gasteiger partial charge in [-0.2, -0.15) is 0 Å². The summed E-state index contributed by atoms with van der Waals surface area (Å²) in [6, 6.07) is 3.75. The van der Waals surface area contributed by atoms with Gasteiger partial charge in [0.2, 0.25) is 0 Å². The van der Waals surface area contributed by atoms with Crippen LogP contribution in [-0.2, 0) is 16.1 Å². The van der Waals surface area contributed by atoms with Gasteiger partial charge in [-0.1, -0.05) is 17.7 Å². The van der Waals surface area contributed by atoms with Crippen molar-refractivity contribution in [3.8, 4) is 0 Å². The lowest BCUT2D eigenvalue weighted by molar-refractivity contribution is -0.139. The van der Waals surface area contributed by atoms with E-state index in [2.05, 4.69) is 9.88 Å². The summed E-state index contributed by atoms with van der Waals surface area (Å²) < 4.78 is 5.32. The summed E-state index contributed by atoms with van der Waals surface area (Å²) in [6.07, 6.45) is 6.47. The number of hydrogen-bond acceptors (Lipinski definition) is 4. The second kappa shape index (κ2) is 5.21. The number of rotatable bonds is 2. The molecule has 2 aliphatic rings. The van der Waals surface area contributed by atoms with Crippen molar-refractivity contribution in [1.82, 2.24) is 9.88 Å². The van der Waals surface area contributed by atoms with E-state index in [-0.39, 0.29) is 12.1 Å². The lowest BCUT2D eigenvalue weighted by atomic mass is 10.1. The molecule has 2 aliphatic heterocycles. The molecule has 0 aliphatic carbocycles. The van der Waals surface area contributed by atoms with E-state index in [1.165, 1.54) is 0 Å². The van der Waals surface area contributed by atoms with Crippen LogP contribution in [0.5, 0.6) is 0 Å². The summed E-state index contributed by atoms with van der Waals surface area (Å²) in [7, 11) is 0. The van der Waals surface area contributed by atoms with E-state index in [9.17, 15) is 4.79 Å². The third-order valence-electron chi connectivity index (χ3n) is 3.53. The van der Waals surface area contributed by atoms with Gasteiger partial charge in [0, 0.05) is 25.4 Å². The standard InChI is InChI=1S/C14H15ClN2O2/c15-13-5-4-10(8-16-13)9-17-6-2-1-3-12-11(17)7-14(18)19-12/h4-5,7-8,12H,1-3,6,9H2. The van der Waals surface area contributed by atoms with E-state index in [0.29, 0.717) is 5.15 Å². The highest BCUT2D eigenvalue weighted by atomic mass is 35.5. The van der Waals surface area contributed by atoms with Crippen LogP contribution in [0.2, 0.25) is 5.15 Å². The minimum atomic E-state index is -0.221. The number of nitrogens with zero attached hydrogens (tertiary/aromatic N) is 2. The smallest absolute Gasteiger partial charge is 0.333 e. The van der Waals surface area contributed by atoms with Gasteiger partial charge in [0.25, 0.3) is 0 Å². The van der Waals surface area contributed by atoms with Gasteiger partial charge in [-0.15, -0.1) is 0 Å². The Hall–Kier alpha value is -1.55. The summed E-state index contributed by atoms with van der Waals surface area (Å²) in [4.78, 5) is 17.7. The van der Waals surface area contributed by atoms with Gasteiger partial charge < -0.3 is 9.64 Å². The Bertz CT molecular complexity index is 513. The number of pyridine rings is 1. The molecule has 3 rings (SSSR count). The van der Waals surface area contributed by atoms with Crippen LogP contribution in [0.25, 0.3) is 0 Å². The molecule has 0 amide bonds. The first kappa shape index (κ1) is 12.5. The second-order valence-electron chi connectivity index (χ2n) is 4.90. The maximum atomic E-state index is 11.4. The Morgan fingerprint density at radius 2 is 2.32 bits per heavy atom. The third kappa shape index (κ3) is 2.73. The summed E-state index contributed by atoms with van der Waals surface area (Å²) in [5.41, 5.74) is 2.10. The Balaban J connectivity index is 1.80. The van der Waals surface area contributed by atoms with Gasteiger partial charge in [0.15, 0.2) is 0 Å². The molecule has 1 aromatic heterocycles. The predicted molar refractivity (Wildman–Crippen MR) is 71.5 cm³/mol. The fourth-order valence-electron chi connectivity index (χ4n) is 2.60. The molecule has 0 N–H and O–H groups in total. The Kier molecular flexibility index (Phi) is 3.42. The van der Waals surface area contributed by atoms with E-state index < -0.39 is 0 Å². The van der Waals surface area contributed by atoms with Crippen LogP contribution < -0.4 is 0 Å². The highest BCUT2D eigenvalue weighted by Crippen LogP contribution is 2.29. The molecule has 0 bridgehead atoms. The molecular weight excluding hydrogens is 264 g/mol. The van der Waals surface area contributed by atoms with Crippen molar-refractivity contribution in [1.29, 1.82) is 0 Å². The second-order valence-corrected chi connectivity index (χ2v) is 5.29. The van der Waals surface area contributed by atoms with E-state index in [0.717, 1.165) is 43.6 Å². The Morgan fingerprint density at radius 1 is 1.42 bits per heavy atom. The van der Waals surface area contributed by atoms with Crippen molar-refractivity contribution >= 4 is 17.6 Å². The summed E-state index contributed by atoms with van der Waals surface area (Å²) in [5, 5.41) is 0.496. The number of fused-ring (bicyclic) bond motifs is 1. The minimum Gasteiger partial charge on any atom is -0.453 e. The number of esters is 1. The van der Waals surface area contributed by atoms with Crippen LogP contribution in [0.4, 0.5) is 0 Å². The molecule has 1 fully saturated rings. The lowest BCUT2D eigenvalue weighted by Crippen LogP contribution is -2.27. The van der Waals surface area contributed by atoms with Gasteiger partial charge in [-0.3, -0.25) is 0 Å². The van der Waals surface area contributed by atoms with Gasteiger partial charge in [-0.05, 0) is 30.9 Å². The van der Waals surface area contributed by atoms with E-state index in [1.807, 2.05) is 6.07 Å². The summed E-state index contributed by atoms with van der Waals surface area (Å²) in [5.74, 6) is -0.221. The zero-order valence-electron chi connectivity index (χ0n) is 10.5. The molecule has 100 valence electrons. The third-order valence-corrected chi connectivity index (χ3v) is 3.75. The maximum absolute atomic E-state index is 11.4. The van der Waals surface area contributed by atoms with Crippen molar-refractivity contribution in [3.63, 3.8) is 0 Å². The number of ether oxygens (including phenoxy) is 1. The van der Waals surface area contributed by atoms with E-state index in [1.54, 1.807) is 18.3 Å². The summed E-state index contributed by atoms with van der Waals surface area (Å²) in [6.45, 7) is 1.69. The zero-order valence-corrected chi connectivity index (χ0v) is 11.3. The molecule has 0 saturated carbocycles. The molecular formula is C14H15ClN2O2. The molecule has 1 aromatic rings. The lowest BCUT2D eigenvalue weighted by Gasteiger charge is -2.25. The number of carbonyl (C=O) groups excluding carboxylic acids is 1. The number of aromatic nitrogens is 1. The molecule has 19 heavy (non-hydrogen) atoms. The average Bonchev–Trinajstić information content (AvgIpc) is 2.67. The normalized spacial score (nSPS) is 22.6. The molecule has 1 atom stereocenters. The highest BCUT2D eigenvalue weighted by molar-refractivity contribution is 6.29. The Labute approximate surface area is 117 Å². The average molecular weight is 279 g/mol. The van der Waals surface area contributed by atoms with Crippen LogP contribution >= 0.6 is 11.6 Å². The van der Waals surface area contributed by atoms with Crippen LogP contribution in [0.1, 0.15) is 24.8 Å². The molecule has 0 radical (unpaired) electrons. The fraction of sp³-hybridized carbons (Fsp3) is 0.429. The first-order valence-corrected chi connectivity index (χ1v) is 6.88. The molecule has 1 saturated heterocycles. The largest absolute Gasteiger partial charge is 0.453 e. The minimum absolute atomic E-state index is 0.0599. The number of halogens is 1. The van der Waals surface area contributed by atoms with Gasteiger partial charge in [0.05, 0.1) is 5.70 Å². The molecule has 0 spiro atoms. The Morgan fingerprint density at radius 3 is 3.11 bits per heavy atom. The van der Waals surface area contributed by atoms with Crippen LogP contribution in [0, 0.1) is 0 Å². The SMILES string of the molecule is O=C1C=C2C(CCCCN2Cc2ccc(Cl)nc2)O1. The van der Waals surface area contributed by atoms with Crippen molar-refractivity contribution < 1.29 is 9.53 Å².